The van der Waals surface area contributed by atoms with Crippen LogP contribution in [0.4, 0.5) is 13.2 Å². The summed E-state index contributed by atoms with van der Waals surface area (Å²) in [4.78, 5) is 23.8. The molecule has 0 spiro atoms. The summed E-state index contributed by atoms with van der Waals surface area (Å²) >= 11 is 0. The fourth-order valence-electron chi connectivity index (χ4n) is 4.05. The zero-order valence-electron chi connectivity index (χ0n) is 17.6. The van der Waals surface area contributed by atoms with Crippen LogP contribution in [0.2, 0.25) is 0 Å². The van der Waals surface area contributed by atoms with Gasteiger partial charge in [0.2, 0.25) is 0 Å². The SMILES string of the molecule is CCOC(=O)/C=C/C1CCC(OC(=O)C2CCC(OCCCC(F)(F)F)CC2)CC1. The molecule has 2 saturated carbocycles. The monoisotopic (exact) mass is 434 g/mol. The summed E-state index contributed by atoms with van der Waals surface area (Å²) in [5, 5.41) is 0. The average Bonchev–Trinajstić information content (AvgIpc) is 2.71. The van der Waals surface area contributed by atoms with Gasteiger partial charge in [0, 0.05) is 19.1 Å². The van der Waals surface area contributed by atoms with Gasteiger partial charge in [0.05, 0.1) is 18.6 Å². The Labute approximate surface area is 176 Å². The molecule has 0 bridgehead atoms. The molecule has 2 rings (SSSR count). The van der Waals surface area contributed by atoms with E-state index in [0.717, 1.165) is 25.7 Å². The second-order valence-electron chi connectivity index (χ2n) is 8.15. The molecule has 0 N–H and O–H groups in total. The number of hydrogen-bond donors (Lipinski definition) is 0. The van der Waals surface area contributed by atoms with Crippen molar-refractivity contribution < 1.29 is 37.0 Å². The Bertz CT molecular complexity index is 560. The second kappa shape index (κ2) is 12.3. The maximum absolute atomic E-state index is 12.4. The molecule has 2 fully saturated rings. The third-order valence-electron chi connectivity index (χ3n) is 5.76. The third kappa shape index (κ3) is 9.49. The molecule has 0 aliphatic heterocycles. The van der Waals surface area contributed by atoms with Gasteiger partial charge in [-0.25, -0.2) is 4.79 Å². The van der Waals surface area contributed by atoms with Crippen molar-refractivity contribution in [3.63, 3.8) is 0 Å². The van der Waals surface area contributed by atoms with E-state index in [-0.39, 0.29) is 43.1 Å². The largest absolute Gasteiger partial charge is 0.463 e. The van der Waals surface area contributed by atoms with Crippen molar-refractivity contribution in [1.82, 2.24) is 0 Å². The molecule has 5 nitrogen and oxygen atoms in total. The molecule has 0 atom stereocenters. The summed E-state index contributed by atoms with van der Waals surface area (Å²) in [6, 6.07) is 0. The minimum Gasteiger partial charge on any atom is -0.463 e. The van der Waals surface area contributed by atoms with Crippen LogP contribution in [0.25, 0.3) is 0 Å². The van der Waals surface area contributed by atoms with Crippen molar-refractivity contribution in [1.29, 1.82) is 0 Å². The average molecular weight is 434 g/mol. The zero-order valence-corrected chi connectivity index (χ0v) is 17.6. The lowest BCUT2D eigenvalue weighted by atomic mass is 9.86. The first kappa shape index (κ1) is 24.7. The van der Waals surface area contributed by atoms with E-state index in [9.17, 15) is 22.8 Å². The predicted molar refractivity (Wildman–Crippen MR) is 105 cm³/mol. The van der Waals surface area contributed by atoms with E-state index >= 15 is 0 Å². The lowest BCUT2D eigenvalue weighted by molar-refractivity contribution is -0.158. The van der Waals surface area contributed by atoms with Crippen LogP contribution in [0.3, 0.4) is 0 Å². The van der Waals surface area contributed by atoms with E-state index in [4.69, 9.17) is 14.2 Å². The molecule has 0 unspecified atom stereocenters. The van der Waals surface area contributed by atoms with Gasteiger partial charge < -0.3 is 14.2 Å². The van der Waals surface area contributed by atoms with Crippen LogP contribution in [0.15, 0.2) is 12.2 Å². The summed E-state index contributed by atoms with van der Waals surface area (Å²) in [6.07, 6.45) is 4.18. The van der Waals surface area contributed by atoms with Gasteiger partial charge in [-0.15, -0.1) is 0 Å². The predicted octanol–water partition coefficient (Wildman–Crippen LogP) is 5.13. The van der Waals surface area contributed by atoms with Crippen molar-refractivity contribution in [2.75, 3.05) is 13.2 Å². The molecule has 8 heteroatoms. The van der Waals surface area contributed by atoms with Crippen LogP contribution in [0.5, 0.6) is 0 Å². The number of ether oxygens (including phenoxy) is 3. The summed E-state index contributed by atoms with van der Waals surface area (Å²) < 4.78 is 52.5. The Kier molecular flexibility index (Phi) is 10.1. The fourth-order valence-corrected chi connectivity index (χ4v) is 4.05. The number of alkyl halides is 3. The van der Waals surface area contributed by atoms with Gasteiger partial charge in [0.15, 0.2) is 0 Å². The van der Waals surface area contributed by atoms with Crippen LogP contribution in [-0.2, 0) is 23.8 Å². The molecule has 172 valence electrons. The highest BCUT2D eigenvalue weighted by Crippen LogP contribution is 2.31. The summed E-state index contributed by atoms with van der Waals surface area (Å²) in [5.41, 5.74) is 0. The fraction of sp³-hybridized carbons (Fsp3) is 0.818. The first-order valence-electron chi connectivity index (χ1n) is 11.0. The lowest BCUT2D eigenvalue weighted by Gasteiger charge is -2.31. The van der Waals surface area contributed by atoms with Crippen LogP contribution < -0.4 is 0 Å². The van der Waals surface area contributed by atoms with Gasteiger partial charge in [-0.3, -0.25) is 4.79 Å². The standard InChI is InChI=1S/C22H33F3O5/c1-2-28-20(26)13-6-16-4-9-19(10-5-16)30-21(27)17-7-11-18(12-8-17)29-15-3-14-22(23,24)25/h6,13,16-19H,2-5,7-12,14-15H2,1H3/b13-6+. The van der Waals surface area contributed by atoms with Crippen molar-refractivity contribution in [3.8, 4) is 0 Å². The zero-order chi connectivity index (χ0) is 22.0. The molecule has 0 aromatic rings. The number of allylic oxidation sites excluding steroid dienone is 1. The summed E-state index contributed by atoms with van der Waals surface area (Å²) in [7, 11) is 0. The summed E-state index contributed by atoms with van der Waals surface area (Å²) in [5.74, 6) is -0.349. The number of rotatable bonds is 9. The Morgan fingerprint density at radius 2 is 1.60 bits per heavy atom. The molecule has 0 saturated heterocycles. The Balaban J connectivity index is 1.60. The molecule has 0 aromatic heterocycles. The van der Waals surface area contributed by atoms with Crippen LogP contribution in [-0.4, -0.2) is 43.5 Å². The van der Waals surface area contributed by atoms with Gasteiger partial charge in [-0.2, -0.15) is 13.2 Å². The Morgan fingerprint density at radius 1 is 0.967 bits per heavy atom. The third-order valence-corrected chi connectivity index (χ3v) is 5.76. The Hall–Kier alpha value is -1.57. The highest BCUT2D eigenvalue weighted by Gasteiger charge is 2.31. The van der Waals surface area contributed by atoms with Gasteiger partial charge >= 0.3 is 18.1 Å². The van der Waals surface area contributed by atoms with E-state index in [1.54, 1.807) is 6.92 Å². The molecule has 2 aliphatic carbocycles. The van der Waals surface area contributed by atoms with Crippen LogP contribution in [0.1, 0.15) is 71.1 Å². The van der Waals surface area contributed by atoms with E-state index in [2.05, 4.69) is 0 Å². The number of esters is 2. The lowest BCUT2D eigenvalue weighted by Crippen LogP contribution is -2.31. The minimum atomic E-state index is -4.14. The molecule has 0 heterocycles. The van der Waals surface area contributed by atoms with E-state index in [1.165, 1.54) is 6.08 Å². The van der Waals surface area contributed by atoms with Crippen molar-refractivity contribution in [2.45, 2.75) is 89.5 Å². The topological polar surface area (TPSA) is 61.8 Å². The molecule has 30 heavy (non-hydrogen) atoms. The van der Waals surface area contributed by atoms with E-state index in [0.29, 0.717) is 38.2 Å². The Morgan fingerprint density at radius 3 is 2.20 bits per heavy atom. The quantitative estimate of drug-likeness (QED) is 0.286. The van der Waals surface area contributed by atoms with Crippen molar-refractivity contribution >= 4 is 11.9 Å². The smallest absolute Gasteiger partial charge is 0.389 e. The highest BCUT2D eigenvalue weighted by atomic mass is 19.4. The molecular formula is C22H33F3O5. The first-order valence-corrected chi connectivity index (χ1v) is 11.0. The molecule has 0 radical (unpaired) electrons. The molecule has 0 amide bonds. The van der Waals surface area contributed by atoms with Gasteiger partial charge in [-0.1, -0.05) is 6.08 Å². The summed E-state index contributed by atoms with van der Waals surface area (Å²) in [6.45, 7) is 2.23. The maximum Gasteiger partial charge on any atom is 0.389 e. The highest BCUT2D eigenvalue weighted by molar-refractivity contribution is 5.81. The first-order chi connectivity index (χ1) is 14.3. The molecular weight excluding hydrogens is 401 g/mol. The number of carbonyl (C=O) groups excluding carboxylic acids is 2. The van der Waals surface area contributed by atoms with Gasteiger partial charge in [0.25, 0.3) is 0 Å². The van der Waals surface area contributed by atoms with Crippen molar-refractivity contribution in [3.05, 3.63) is 12.2 Å². The minimum absolute atomic E-state index is 0.0247. The normalized spacial score (nSPS) is 27.7. The maximum atomic E-state index is 12.4. The second-order valence-corrected chi connectivity index (χ2v) is 8.15. The van der Waals surface area contributed by atoms with E-state index < -0.39 is 12.6 Å². The van der Waals surface area contributed by atoms with Crippen LogP contribution >= 0.6 is 0 Å². The van der Waals surface area contributed by atoms with Crippen LogP contribution in [0, 0.1) is 11.8 Å². The van der Waals surface area contributed by atoms with Gasteiger partial charge in [-0.05, 0) is 70.6 Å². The number of carbonyl (C=O) groups is 2. The number of halogens is 3. The molecule has 0 aromatic carbocycles. The number of hydrogen-bond acceptors (Lipinski definition) is 5. The molecule has 2 aliphatic rings. The van der Waals surface area contributed by atoms with Gasteiger partial charge in [0.1, 0.15) is 6.10 Å². The van der Waals surface area contributed by atoms with E-state index in [1.807, 2.05) is 6.08 Å². The van der Waals surface area contributed by atoms with Crippen molar-refractivity contribution in [2.24, 2.45) is 11.8 Å².